The van der Waals surface area contributed by atoms with Crippen molar-refractivity contribution in [2.75, 3.05) is 14.2 Å². The summed E-state index contributed by atoms with van der Waals surface area (Å²) in [5.41, 5.74) is 2.57. The number of carbonyl (C=O) groups is 2. The van der Waals surface area contributed by atoms with Gasteiger partial charge in [-0.15, -0.1) is 0 Å². The molecule has 1 aromatic carbocycles. The summed E-state index contributed by atoms with van der Waals surface area (Å²) in [7, 11) is 2.46. The Labute approximate surface area is 129 Å². The number of ether oxygens (including phenoxy) is 2. The lowest BCUT2D eigenvalue weighted by atomic mass is 10.1. The Morgan fingerprint density at radius 3 is 2.59 bits per heavy atom. The van der Waals surface area contributed by atoms with E-state index in [2.05, 4.69) is 26.6 Å². The molecule has 0 saturated heterocycles. The molecule has 0 fully saturated rings. The number of benzene rings is 1. The molecule has 0 heterocycles. The van der Waals surface area contributed by atoms with Gasteiger partial charge in [0, 0.05) is 6.21 Å². The van der Waals surface area contributed by atoms with Gasteiger partial charge >= 0.3 is 11.9 Å². The van der Waals surface area contributed by atoms with Crippen molar-refractivity contribution >= 4 is 18.2 Å². The second-order valence-corrected chi connectivity index (χ2v) is 4.96. The second-order valence-electron chi connectivity index (χ2n) is 4.96. The van der Waals surface area contributed by atoms with Crippen LogP contribution in [-0.2, 0) is 25.5 Å². The average Bonchev–Trinajstić information content (AvgIpc) is 2.97. The summed E-state index contributed by atoms with van der Waals surface area (Å²) in [6.07, 6.45) is 6.63. The van der Waals surface area contributed by atoms with Crippen molar-refractivity contribution in [3.63, 3.8) is 0 Å². The highest BCUT2D eigenvalue weighted by atomic mass is 16.5. The molecule has 5 heteroatoms. The van der Waals surface area contributed by atoms with Crippen molar-refractivity contribution < 1.29 is 19.1 Å². The van der Waals surface area contributed by atoms with E-state index in [-0.39, 0.29) is 6.04 Å². The molecule has 0 aromatic heterocycles. The summed E-state index contributed by atoms with van der Waals surface area (Å²) in [6.45, 7) is 0. The van der Waals surface area contributed by atoms with Crippen LogP contribution in [0.2, 0.25) is 0 Å². The normalized spacial score (nSPS) is 17.1. The lowest BCUT2D eigenvalue weighted by Crippen LogP contribution is -2.24. The van der Waals surface area contributed by atoms with Crippen LogP contribution in [0.3, 0.4) is 0 Å². The van der Waals surface area contributed by atoms with E-state index >= 15 is 0 Å². The third kappa shape index (κ3) is 3.61. The molecule has 2 rings (SSSR count). The zero-order valence-corrected chi connectivity index (χ0v) is 12.7. The minimum absolute atomic E-state index is 0.135. The summed E-state index contributed by atoms with van der Waals surface area (Å²) >= 11 is 0. The van der Waals surface area contributed by atoms with Crippen LogP contribution in [0.4, 0.5) is 0 Å². The molecule has 1 atom stereocenters. The van der Waals surface area contributed by atoms with Gasteiger partial charge in [-0.3, -0.25) is 14.6 Å². The number of methoxy groups -OCH3 is 2. The van der Waals surface area contributed by atoms with Gasteiger partial charge in [0.2, 0.25) is 0 Å². The number of aliphatic imine (C=N–C) groups is 1. The Balaban J connectivity index is 2.02. The number of rotatable bonds is 5. The van der Waals surface area contributed by atoms with Gasteiger partial charge in [0.1, 0.15) is 0 Å². The van der Waals surface area contributed by atoms with Gasteiger partial charge in [0.05, 0.1) is 20.3 Å². The van der Waals surface area contributed by atoms with Crippen LogP contribution in [0.1, 0.15) is 23.6 Å². The Kier molecular flexibility index (Phi) is 5.47. The number of nitrogens with zero attached hydrogens (tertiary/aromatic N) is 1. The lowest BCUT2D eigenvalue weighted by Gasteiger charge is -2.07. The van der Waals surface area contributed by atoms with Gasteiger partial charge in [0.25, 0.3) is 0 Å². The van der Waals surface area contributed by atoms with Gasteiger partial charge in [-0.1, -0.05) is 30.3 Å². The Morgan fingerprint density at radius 2 is 1.91 bits per heavy atom. The Hall–Kier alpha value is -2.43. The third-order valence-corrected chi connectivity index (χ3v) is 3.67. The first kappa shape index (κ1) is 15.9. The standard InChI is InChI=1S/C17H19NO4/c1-21-16(19)14(17(20)22-2)8-5-11-18-15-10-9-12-6-3-4-7-13(12)15/h3-8,11,14-15H,9-10H2,1-2H3/t15-/m1/s1. The van der Waals surface area contributed by atoms with E-state index in [0.717, 1.165) is 12.8 Å². The first-order chi connectivity index (χ1) is 10.7. The summed E-state index contributed by atoms with van der Waals surface area (Å²) in [5, 5.41) is 0. The zero-order valence-electron chi connectivity index (χ0n) is 12.7. The lowest BCUT2D eigenvalue weighted by molar-refractivity contribution is -0.156. The monoisotopic (exact) mass is 301 g/mol. The van der Waals surface area contributed by atoms with Crippen LogP contribution in [0.15, 0.2) is 41.4 Å². The Morgan fingerprint density at radius 1 is 1.23 bits per heavy atom. The topological polar surface area (TPSA) is 65.0 Å². The van der Waals surface area contributed by atoms with E-state index < -0.39 is 17.9 Å². The molecule has 1 aromatic rings. The maximum Gasteiger partial charge on any atom is 0.323 e. The fourth-order valence-electron chi connectivity index (χ4n) is 2.51. The quantitative estimate of drug-likeness (QED) is 0.475. The van der Waals surface area contributed by atoms with Gasteiger partial charge in [-0.2, -0.15) is 0 Å². The minimum Gasteiger partial charge on any atom is -0.468 e. The molecule has 0 amide bonds. The highest BCUT2D eigenvalue weighted by Crippen LogP contribution is 2.33. The number of allylic oxidation sites excluding steroid dienone is 1. The fraction of sp³-hybridized carbons (Fsp3) is 0.353. The molecule has 0 saturated carbocycles. The zero-order chi connectivity index (χ0) is 15.9. The molecule has 1 aliphatic carbocycles. The highest BCUT2D eigenvalue weighted by molar-refractivity contribution is 5.97. The smallest absolute Gasteiger partial charge is 0.323 e. The number of esters is 2. The predicted octanol–water partition coefficient (Wildman–Crippen LogP) is 2.26. The maximum atomic E-state index is 11.5. The van der Waals surface area contributed by atoms with Crippen LogP contribution in [0.25, 0.3) is 0 Å². The molecular formula is C17H19NO4. The first-order valence-electron chi connectivity index (χ1n) is 7.10. The third-order valence-electron chi connectivity index (χ3n) is 3.67. The van der Waals surface area contributed by atoms with Gasteiger partial charge in [-0.05, 0) is 30.0 Å². The largest absolute Gasteiger partial charge is 0.468 e. The molecule has 0 unspecified atom stereocenters. The van der Waals surface area contributed by atoms with Crippen LogP contribution in [-0.4, -0.2) is 32.4 Å². The van der Waals surface area contributed by atoms with Gasteiger partial charge < -0.3 is 9.47 Å². The van der Waals surface area contributed by atoms with E-state index in [1.165, 1.54) is 31.4 Å². The summed E-state index contributed by atoms with van der Waals surface area (Å²) < 4.78 is 9.15. The van der Waals surface area contributed by atoms with E-state index in [0.29, 0.717) is 0 Å². The van der Waals surface area contributed by atoms with Crippen molar-refractivity contribution in [1.29, 1.82) is 0 Å². The van der Waals surface area contributed by atoms with Crippen LogP contribution in [0, 0.1) is 5.92 Å². The minimum atomic E-state index is -1.06. The number of aryl methyl sites for hydroxylation is 1. The first-order valence-corrected chi connectivity index (χ1v) is 7.10. The van der Waals surface area contributed by atoms with Crippen LogP contribution >= 0.6 is 0 Å². The van der Waals surface area contributed by atoms with Crippen molar-refractivity contribution in [3.05, 3.63) is 47.5 Å². The molecule has 0 N–H and O–H groups in total. The maximum absolute atomic E-state index is 11.5. The van der Waals surface area contributed by atoms with E-state index in [9.17, 15) is 9.59 Å². The number of carbonyl (C=O) groups excluding carboxylic acids is 2. The number of hydrogen-bond donors (Lipinski definition) is 0. The molecular weight excluding hydrogens is 282 g/mol. The Bertz CT molecular complexity index is 590. The van der Waals surface area contributed by atoms with E-state index in [1.54, 1.807) is 12.3 Å². The number of hydrogen-bond acceptors (Lipinski definition) is 5. The highest BCUT2D eigenvalue weighted by Gasteiger charge is 2.25. The van der Waals surface area contributed by atoms with Crippen LogP contribution in [0.5, 0.6) is 0 Å². The van der Waals surface area contributed by atoms with Crippen molar-refractivity contribution in [2.24, 2.45) is 10.9 Å². The van der Waals surface area contributed by atoms with Crippen molar-refractivity contribution in [3.8, 4) is 0 Å². The molecule has 22 heavy (non-hydrogen) atoms. The second kappa shape index (κ2) is 7.54. The van der Waals surface area contributed by atoms with E-state index in [4.69, 9.17) is 0 Å². The fourth-order valence-corrected chi connectivity index (χ4v) is 2.51. The molecule has 0 spiro atoms. The number of fused-ring (bicyclic) bond motifs is 1. The van der Waals surface area contributed by atoms with Crippen molar-refractivity contribution in [1.82, 2.24) is 0 Å². The summed E-state index contributed by atoms with van der Waals surface area (Å²) in [4.78, 5) is 27.5. The summed E-state index contributed by atoms with van der Waals surface area (Å²) in [5.74, 6) is -2.36. The van der Waals surface area contributed by atoms with Crippen LogP contribution < -0.4 is 0 Å². The van der Waals surface area contributed by atoms with Gasteiger partial charge in [0.15, 0.2) is 5.92 Å². The van der Waals surface area contributed by atoms with Gasteiger partial charge in [-0.25, -0.2) is 0 Å². The molecule has 116 valence electrons. The predicted molar refractivity (Wildman–Crippen MR) is 82.7 cm³/mol. The SMILES string of the molecule is COC(=O)C(C=CC=N[C@@H]1CCc2ccccc21)C(=O)OC. The average molecular weight is 301 g/mol. The molecule has 0 radical (unpaired) electrons. The van der Waals surface area contributed by atoms with Crippen molar-refractivity contribution in [2.45, 2.75) is 18.9 Å². The molecule has 0 aliphatic heterocycles. The molecule has 1 aliphatic rings. The summed E-state index contributed by atoms with van der Waals surface area (Å²) in [6, 6.07) is 8.37. The molecule has 0 bridgehead atoms. The van der Waals surface area contributed by atoms with E-state index in [1.807, 2.05) is 12.1 Å². The molecule has 5 nitrogen and oxygen atoms in total.